The van der Waals surface area contributed by atoms with E-state index in [1.165, 1.54) is 4.68 Å². The van der Waals surface area contributed by atoms with Gasteiger partial charge in [0, 0.05) is 6.42 Å². The molecule has 0 radical (unpaired) electrons. The van der Waals surface area contributed by atoms with Gasteiger partial charge in [0.15, 0.2) is 0 Å². The minimum Gasteiger partial charge on any atom is -0.481 e. The molecule has 9 heteroatoms. The van der Waals surface area contributed by atoms with E-state index in [4.69, 9.17) is 10.8 Å². The first-order chi connectivity index (χ1) is 7.50. The zero-order valence-electron chi connectivity index (χ0n) is 8.53. The fourth-order valence-corrected chi connectivity index (χ4v) is 1.76. The van der Waals surface area contributed by atoms with E-state index in [1.54, 1.807) is 6.92 Å². The molecule has 1 rings (SSSR count). The van der Waals surface area contributed by atoms with Crippen LogP contribution in [0.1, 0.15) is 19.4 Å². The normalized spacial score (nSPS) is 12.3. The van der Waals surface area contributed by atoms with Crippen LogP contribution in [0.3, 0.4) is 0 Å². The van der Waals surface area contributed by atoms with Gasteiger partial charge in [-0.2, -0.15) is 0 Å². The second kappa shape index (κ2) is 5.45. The third-order valence-electron chi connectivity index (χ3n) is 1.70. The number of rotatable bonds is 6. The van der Waals surface area contributed by atoms with Crippen LogP contribution in [-0.4, -0.2) is 42.9 Å². The van der Waals surface area contributed by atoms with E-state index in [0.717, 1.165) is 11.8 Å². The SMILES string of the molecule is CC(CC(N)=O)n1nnnc1SCC(=O)O. The second-order valence-corrected chi connectivity index (χ2v) is 4.05. The van der Waals surface area contributed by atoms with Crippen molar-refractivity contribution in [2.45, 2.75) is 24.5 Å². The van der Waals surface area contributed by atoms with Crippen molar-refractivity contribution in [3.05, 3.63) is 0 Å². The number of carboxylic acid groups (broad SMARTS) is 1. The van der Waals surface area contributed by atoms with Crippen LogP contribution in [0, 0.1) is 0 Å². The van der Waals surface area contributed by atoms with Gasteiger partial charge in [-0.3, -0.25) is 9.59 Å². The van der Waals surface area contributed by atoms with E-state index >= 15 is 0 Å². The van der Waals surface area contributed by atoms with Crippen molar-refractivity contribution in [1.29, 1.82) is 0 Å². The zero-order chi connectivity index (χ0) is 12.1. The molecule has 1 unspecified atom stereocenters. The number of carboxylic acids is 1. The van der Waals surface area contributed by atoms with Crippen LogP contribution in [0.2, 0.25) is 0 Å². The molecule has 1 aromatic rings. The largest absolute Gasteiger partial charge is 0.481 e. The summed E-state index contributed by atoms with van der Waals surface area (Å²) in [5.41, 5.74) is 5.05. The average Bonchev–Trinajstić information content (AvgIpc) is 2.61. The predicted octanol–water partition coefficient (Wildman–Crippen LogP) is -0.714. The Kier molecular flexibility index (Phi) is 4.23. The summed E-state index contributed by atoms with van der Waals surface area (Å²) in [7, 11) is 0. The summed E-state index contributed by atoms with van der Waals surface area (Å²) in [5.74, 6) is -1.55. The van der Waals surface area contributed by atoms with Crippen molar-refractivity contribution in [3.8, 4) is 0 Å². The number of nitrogens with two attached hydrogens (primary N) is 1. The molecule has 1 heterocycles. The average molecular weight is 245 g/mol. The van der Waals surface area contributed by atoms with Crippen LogP contribution in [0.25, 0.3) is 0 Å². The summed E-state index contributed by atoms with van der Waals surface area (Å²) in [5, 5.41) is 19.6. The number of hydrogen-bond donors (Lipinski definition) is 2. The lowest BCUT2D eigenvalue weighted by Gasteiger charge is -2.10. The number of nitrogens with zero attached hydrogens (tertiary/aromatic N) is 4. The standard InChI is InChI=1S/C7H11N5O3S/c1-4(2-5(8)13)12-7(9-10-11-12)16-3-6(14)15/h4H,2-3H2,1H3,(H2,8,13)(H,14,15). The molecule has 0 aromatic carbocycles. The van der Waals surface area contributed by atoms with Crippen LogP contribution in [0.5, 0.6) is 0 Å². The zero-order valence-corrected chi connectivity index (χ0v) is 9.35. The van der Waals surface area contributed by atoms with Crippen LogP contribution < -0.4 is 5.73 Å². The Morgan fingerprint density at radius 1 is 1.62 bits per heavy atom. The molecule has 0 spiro atoms. The van der Waals surface area contributed by atoms with E-state index in [9.17, 15) is 9.59 Å². The van der Waals surface area contributed by atoms with Gasteiger partial charge in [-0.15, -0.1) is 5.10 Å². The number of tetrazole rings is 1. The molecule has 0 aliphatic heterocycles. The Labute approximate surface area is 95.2 Å². The highest BCUT2D eigenvalue weighted by atomic mass is 32.2. The summed E-state index contributed by atoms with van der Waals surface area (Å²) in [6.45, 7) is 1.73. The monoisotopic (exact) mass is 245 g/mol. The molecule has 1 aromatic heterocycles. The first-order valence-corrected chi connectivity index (χ1v) is 5.40. The van der Waals surface area contributed by atoms with Gasteiger partial charge in [-0.1, -0.05) is 11.8 Å². The Bertz CT molecular complexity index is 393. The van der Waals surface area contributed by atoms with Gasteiger partial charge in [-0.25, -0.2) is 4.68 Å². The highest BCUT2D eigenvalue weighted by molar-refractivity contribution is 7.99. The van der Waals surface area contributed by atoms with Crippen molar-refractivity contribution in [2.24, 2.45) is 5.73 Å². The first-order valence-electron chi connectivity index (χ1n) is 4.41. The predicted molar refractivity (Wildman–Crippen MR) is 54.7 cm³/mol. The summed E-state index contributed by atoms with van der Waals surface area (Å²) in [6, 6.07) is -0.288. The first kappa shape index (κ1) is 12.4. The molecule has 3 N–H and O–H groups in total. The number of aromatic nitrogens is 4. The van der Waals surface area contributed by atoms with Crippen molar-refractivity contribution < 1.29 is 14.7 Å². The van der Waals surface area contributed by atoms with Gasteiger partial charge in [0.25, 0.3) is 0 Å². The van der Waals surface area contributed by atoms with Crippen molar-refractivity contribution in [1.82, 2.24) is 20.2 Å². The van der Waals surface area contributed by atoms with Gasteiger partial charge < -0.3 is 10.8 Å². The summed E-state index contributed by atoms with van der Waals surface area (Å²) >= 11 is 0.992. The van der Waals surface area contributed by atoms with E-state index in [2.05, 4.69) is 15.5 Å². The highest BCUT2D eigenvalue weighted by Gasteiger charge is 2.16. The maximum Gasteiger partial charge on any atom is 0.313 e. The topological polar surface area (TPSA) is 124 Å². The number of thioether (sulfide) groups is 1. The maximum absolute atomic E-state index is 10.7. The lowest BCUT2D eigenvalue weighted by molar-refractivity contribution is -0.134. The minimum absolute atomic E-state index is 0.103. The van der Waals surface area contributed by atoms with Crippen molar-refractivity contribution >= 4 is 23.6 Å². The van der Waals surface area contributed by atoms with Gasteiger partial charge >= 0.3 is 5.97 Å². The Morgan fingerprint density at radius 2 is 2.31 bits per heavy atom. The molecule has 88 valence electrons. The molecule has 0 bridgehead atoms. The van der Waals surface area contributed by atoms with E-state index in [0.29, 0.717) is 5.16 Å². The Balaban J connectivity index is 2.69. The summed E-state index contributed by atoms with van der Waals surface area (Å²) in [6.07, 6.45) is 0.103. The lowest BCUT2D eigenvalue weighted by Crippen LogP contribution is -2.19. The molecule has 16 heavy (non-hydrogen) atoms. The quantitative estimate of drug-likeness (QED) is 0.634. The van der Waals surface area contributed by atoms with E-state index in [-0.39, 0.29) is 18.2 Å². The Hall–Kier alpha value is -1.64. The molecule has 1 atom stereocenters. The number of carbonyl (C=O) groups is 2. The molecular formula is C7H11N5O3S. The van der Waals surface area contributed by atoms with Crippen LogP contribution in [0.4, 0.5) is 0 Å². The molecule has 0 fully saturated rings. The molecule has 8 nitrogen and oxygen atoms in total. The lowest BCUT2D eigenvalue weighted by atomic mass is 10.2. The molecule has 0 aliphatic carbocycles. The third kappa shape index (κ3) is 3.50. The molecular weight excluding hydrogens is 234 g/mol. The van der Waals surface area contributed by atoms with Crippen LogP contribution in [-0.2, 0) is 9.59 Å². The number of aliphatic carboxylic acids is 1. The smallest absolute Gasteiger partial charge is 0.313 e. The van der Waals surface area contributed by atoms with Crippen molar-refractivity contribution in [3.63, 3.8) is 0 Å². The molecule has 0 saturated heterocycles. The Morgan fingerprint density at radius 3 is 2.88 bits per heavy atom. The molecule has 0 saturated carbocycles. The number of hydrogen-bond acceptors (Lipinski definition) is 6. The molecule has 1 amide bonds. The number of primary amides is 1. The fourth-order valence-electron chi connectivity index (χ4n) is 1.06. The summed E-state index contributed by atoms with van der Waals surface area (Å²) in [4.78, 5) is 21.1. The second-order valence-electron chi connectivity index (χ2n) is 3.11. The maximum atomic E-state index is 10.7. The molecule has 0 aliphatic rings. The fraction of sp³-hybridized carbons (Fsp3) is 0.571. The summed E-state index contributed by atoms with van der Waals surface area (Å²) < 4.78 is 1.39. The van der Waals surface area contributed by atoms with Crippen LogP contribution >= 0.6 is 11.8 Å². The van der Waals surface area contributed by atoms with Gasteiger partial charge in [-0.05, 0) is 17.4 Å². The minimum atomic E-state index is -0.956. The van der Waals surface area contributed by atoms with Gasteiger partial charge in [0.1, 0.15) is 0 Å². The van der Waals surface area contributed by atoms with Crippen molar-refractivity contribution in [2.75, 3.05) is 5.75 Å². The number of carbonyl (C=O) groups excluding carboxylic acids is 1. The van der Waals surface area contributed by atoms with E-state index < -0.39 is 11.9 Å². The van der Waals surface area contributed by atoms with Gasteiger partial charge in [0.05, 0.1) is 11.8 Å². The van der Waals surface area contributed by atoms with Crippen LogP contribution in [0.15, 0.2) is 5.16 Å². The van der Waals surface area contributed by atoms with E-state index in [1.807, 2.05) is 0 Å². The third-order valence-corrected chi connectivity index (χ3v) is 2.62. The highest BCUT2D eigenvalue weighted by Crippen LogP contribution is 2.18. The van der Waals surface area contributed by atoms with Gasteiger partial charge in [0.2, 0.25) is 11.1 Å². The number of amides is 1.